The topological polar surface area (TPSA) is 62.5 Å². The third-order valence-corrected chi connectivity index (χ3v) is 4.22. The normalized spacial score (nSPS) is 17.1. The molecule has 2 rings (SSSR count). The van der Waals surface area contributed by atoms with Crippen molar-refractivity contribution < 1.29 is 4.79 Å². The van der Waals surface area contributed by atoms with Crippen LogP contribution in [0.3, 0.4) is 0 Å². The molecule has 1 aliphatic heterocycles. The number of amides is 1. The van der Waals surface area contributed by atoms with Crippen LogP contribution in [0.15, 0.2) is 5.38 Å². The minimum absolute atomic E-state index is 0.175. The van der Waals surface area contributed by atoms with Crippen LogP contribution in [-0.4, -0.2) is 54.4 Å². The van der Waals surface area contributed by atoms with Gasteiger partial charge in [0.2, 0.25) is 5.91 Å². The number of hydrogen-bond donors (Lipinski definition) is 1. The quantitative estimate of drug-likeness (QED) is 0.897. The van der Waals surface area contributed by atoms with E-state index in [-0.39, 0.29) is 5.91 Å². The van der Waals surface area contributed by atoms with Gasteiger partial charge in [0, 0.05) is 25.0 Å². The molecule has 0 saturated carbocycles. The zero-order chi connectivity index (χ0) is 13.8. The molecule has 19 heavy (non-hydrogen) atoms. The van der Waals surface area contributed by atoms with Crippen LogP contribution >= 0.6 is 11.3 Å². The van der Waals surface area contributed by atoms with Gasteiger partial charge in [0.1, 0.15) is 0 Å². The summed E-state index contributed by atoms with van der Waals surface area (Å²) < 4.78 is 0. The van der Waals surface area contributed by atoms with E-state index in [4.69, 9.17) is 5.73 Å². The first kappa shape index (κ1) is 14.3. The van der Waals surface area contributed by atoms with Crippen LogP contribution in [-0.2, 0) is 11.2 Å². The Balaban J connectivity index is 1.79. The van der Waals surface area contributed by atoms with E-state index in [0.717, 1.165) is 38.2 Å². The van der Waals surface area contributed by atoms with Crippen molar-refractivity contribution in [3.63, 3.8) is 0 Å². The summed E-state index contributed by atoms with van der Waals surface area (Å²) in [5.74, 6) is 0.891. The maximum atomic E-state index is 12.1. The van der Waals surface area contributed by atoms with Crippen LogP contribution in [0.5, 0.6) is 0 Å². The third kappa shape index (κ3) is 4.18. The van der Waals surface area contributed by atoms with E-state index in [0.29, 0.717) is 17.5 Å². The van der Waals surface area contributed by atoms with Gasteiger partial charge in [-0.1, -0.05) is 0 Å². The highest BCUT2D eigenvalue weighted by Gasteiger charge is 2.23. The minimum Gasteiger partial charge on any atom is -0.375 e. The first-order valence-corrected chi connectivity index (χ1v) is 7.55. The minimum atomic E-state index is 0.175. The lowest BCUT2D eigenvalue weighted by molar-refractivity contribution is -0.131. The van der Waals surface area contributed by atoms with Crippen molar-refractivity contribution in [2.45, 2.75) is 19.3 Å². The summed E-state index contributed by atoms with van der Waals surface area (Å²) in [5.41, 5.74) is 6.37. The van der Waals surface area contributed by atoms with Crippen molar-refractivity contribution in [1.29, 1.82) is 0 Å². The fourth-order valence-electron chi connectivity index (χ4n) is 2.55. The molecule has 0 unspecified atom stereocenters. The number of carbonyl (C=O) groups excluding carboxylic acids is 1. The smallest absolute Gasteiger partial charge is 0.228 e. The molecule has 2 heterocycles. The number of nitrogens with zero attached hydrogens (tertiary/aromatic N) is 3. The van der Waals surface area contributed by atoms with Gasteiger partial charge in [-0.3, -0.25) is 4.79 Å². The third-order valence-electron chi connectivity index (χ3n) is 3.49. The van der Waals surface area contributed by atoms with Gasteiger partial charge in [-0.05, 0) is 32.9 Å². The molecule has 1 aliphatic rings. The highest BCUT2D eigenvalue weighted by Crippen LogP contribution is 2.19. The monoisotopic (exact) mass is 282 g/mol. The van der Waals surface area contributed by atoms with Gasteiger partial charge < -0.3 is 15.5 Å². The number of anilines is 1. The number of nitrogens with two attached hydrogens (primary N) is 1. The lowest BCUT2D eigenvalue weighted by atomic mass is 9.96. The summed E-state index contributed by atoms with van der Waals surface area (Å²) >= 11 is 1.39. The summed E-state index contributed by atoms with van der Waals surface area (Å²) in [6.07, 6.45) is 2.58. The largest absolute Gasteiger partial charge is 0.375 e. The van der Waals surface area contributed by atoms with Crippen LogP contribution < -0.4 is 5.73 Å². The molecule has 5 nitrogen and oxygen atoms in total. The first-order valence-electron chi connectivity index (χ1n) is 6.67. The van der Waals surface area contributed by atoms with Gasteiger partial charge in [-0.2, -0.15) is 0 Å². The maximum Gasteiger partial charge on any atom is 0.228 e. The Morgan fingerprint density at radius 3 is 2.74 bits per heavy atom. The zero-order valence-electron chi connectivity index (χ0n) is 11.6. The second-order valence-electron chi connectivity index (χ2n) is 5.44. The van der Waals surface area contributed by atoms with Crippen molar-refractivity contribution in [2.75, 3.05) is 39.5 Å². The van der Waals surface area contributed by atoms with Crippen LogP contribution in [0.4, 0.5) is 5.13 Å². The molecule has 1 fully saturated rings. The van der Waals surface area contributed by atoms with E-state index in [1.165, 1.54) is 11.3 Å². The van der Waals surface area contributed by atoms with Gasteiger partial charge in [0.15, 0.2) is 5.13 Å². The van der Waals surface area contributed by atoms with Crippen LogP contribution in [0.25, 0.3) is 0 Å². The predicted octanol–water partition coefficient (Wildman–Crippen LogP) is 1.07. The Morgan fingerprint density at radius 2 is 2.21 bits per heavy atom. The molecule has 2 N–H and O–H groups in total. The molecule has 0 aliphatic carbocycles. The molecule has 106 valence electrons. The van der Waals surface area contributed by atoms with E-state index in [1.807, 2.05) is 10.3 Å². The molecule has 1 aromatic heterocycles. The summed E-state index contributed by atoms with van der Waals surface area (Å²) in [7, 11) is 4.20. The second kappa shape index (κ2) is 6.34. The summed E-state index contributed by atoms with van der Waals surface area (Å²) in [5, 5.41) is 2.40. The van der Waals surface area contributed by atoms with E-state index in [2.05, 4.69) is 24.0 Å². The SMILES string of the molecule is CN(C)CC1CCN(C(=O)Cc2csc(N)n2)CC1. The van der Waals surface area contributed by atoms with Crippen molar-refractivity contribution >= 4 is 22.4 Å². The number of piperidine rings is 1. The lowest BCUT2D eigenvalue weighted by Crippen LogP contribution is -2.41. The molecule has 0 aromatic carbocycles. The van der Waals surface area contributed by atoms with E-state index in [1.54, 1.807) is 0 Å². The van der Waals surface area contributed by atoms with Crippen LogP contribution in [0, 0.1) is 5.92 Å². The average molecular weight is 282 g/mol. The molecular formula is C13H22N4OS. The molecule has 0 spiro atoms. The standard InChI is InChI=1S/C13H22N4OS/c1-16(2)8-10-3-5-17(6-4-10)12(18)7-11-9-19-13(14)15-11/h9-10H,3-8H2,1-2H3,(H2,14,15). The van der Waals surface area contributed by atoms with Gasteiger partial charge in [-0.15, -0.1) is 11.3 Å². The molecule has 1 aromatic rings. The lowest BCUT2D eigenvalue weighted by Gasteiger charge is -2.33. The Kier molecular flexibility index (Phi) is 4.76. The number of thiazole rings is 1. The number of hydrogen-bond acceptors (Lipinski definition) is 5. The van der Waals surface area contributed by atoms with Crippen LogP contribution in [0.1, 0.15) is 18.5 Å². The molecule has 1 amide bonds. The highest BCUT2D eigenvalue weighted by atomic mass is 32.1. The van der Waals surface area contributed by atoms with Crippen molar-refractivity contribution in [1.82, 2.24) is 14.8 Å². The zero-order valence-corrected chi connectivity index (χ0v) is 12.4. The fraction of sp³-hybridized carbons (Fsp3) is 0.692. The van der Waals surface area contributed by atoms with E-state index < -0.39 is 0 Å². The van der Waals surface area contributed by atoms with Gasteiger partial charge >= 0.3 is 0 Å². The maximum absolute atomic E-state index is 12.1. The summed E-state index contributed by atoms with van der Waals surface area (Å²) in [4.78, 5) is 20.5. The van der Waals surface area contributed by atoms with Crippen molar-refractivity contribution in [3.05, 3.63) is 11.1 Å². The number of likely N-dealkylation sites (tertiary alicyclic amines) is 1. The Morgan fingerprint density at radius 1 is 1.53 bits per heavy atom. The van der Waals surface area contributed by atoms with Gasteiger partial charge in [0.25, 0.3) is 0 Å². The fourth-order valence-corrected chi connectivity index (χ4v) is 3.11. The molecule has 6 heteroatoms. The second-order valence-corrected chi connectivity index (χ2v) is 6.33. The van der Waals surface area contributed by atoms with E-state index >= 15 is 0 Å². The average Bonchev–Trinajstić information content (AvgIpc) is 2.75. The number of rotatable bonds is 4. The number of nitrogen functional groups attached to an aromatic ring is 1. The molecule has 0 bridgehead atoms. The Labute approximate surface area is 118 Å². The van der Waals surface area contributed by atoms with E-state index in [9.17, 15) is 4.79 Å². The summed E-state index contributed by atoms with van der Waals surface area (Å²) in [6, 6.07) is 0. The molecule has 0 radical (unpaired) electrons. The van der Waals surface area contributed by atoms with Gasteiger partial charge in [-0.25, -0.2) is 4.98 Å². The Bertz CT molecular complexity index is 424. The Hall–Kier alpha value is -1.14. The number of carbonyl (C=O) groups is 1. The molecule has 0 atom stereocenters. The first-order chi connectivity index (χ1) is 9.04. The number of aromatic nitrogens is 1. The molecular weight excluding hydrogens is 260 g/mol. The molecule has 1 saturated heterocycles. The summed E-state index contributed by atoms with van der Waals surface area (Å²) in [6.45, 7) is 2.86. The van der Waals surface area contributed by atoms with Crippen molar-refractivity contribution in [2.24, 2.45) is 5.92 Å². The van der Waals surface area contributed by atoms with Crippen LogP contribution in [0.2, 0.25) is 0 Å². The predicted molar refractivity (Wildman–Crippen MR) is 78.1 cm³/mol. The highest BCUT2D eigenvalue weighted by molar-refractivity contribution is 7.13. The van der Waals surface area contributed by atoms with Crippen molar-refractivity contribution in [3.8, 4) is 0 Å². The van der Waals surface area contributed by atoms with Gasteiger partial charge in [0.05, 0.1) is 12.1 Å².